The summed E-state index contributed by atoms with van der Waals surface area (Å²) in [4.78, 5) is 23.1. The second kappa shape index (κ2) is 6.79. The van der Waals surface area contributed by atoms with Crippen molar-refractivity contribution >= 4 is 28.1 Å². The smallest absolute Gasteiger partial charge is 0.252 e. The fraction of sp³-hybridized carbons (Fsp3) is 0.238. The lowest BCUT2D eigenvalue weighted by atomic mass is 10.1. The minimum atomic E-state index is 0.0720. The molecule has 0 radical (unpaired) electrons. The highest BCUT2D eigenvalue weighted by atomic mass is 16.2. The van der Waals surface area contributed by atoms with Crippen LogP contribution in [0.5, 0.6) is 0 Å². The van der Waals surface area contributed by atoms with Crippen LogP contribution in [0.3, 0.4) is 0 Å². The highest BCUT2D eigenvalue weighted by Crippen LogP contribution is 2.22. The fourth-order valence-electron chi connectivity index (χ4n) is 3.45. The molecule has 2 heterocycles. The molecule has 136 valence electrons. The molecule has 0 N–H and O–H groups in total. The van der Waals surface area contributed by atoms with E-state index in [0.29, 0.717) is 18.6 Å². The second-order valence-electron chi connectivity index (χ2n) is 6.72. The Morgan fingerprint density at radius 3 is 2.70 bits per heavy atom. The molecule has 0 bridgehead atoms. The monoisotopic (exact) mass is 359 g/mol. The first kappa shape index (κ1) is 17.1. The van der Waals surface area contributed by atoms with Crippen LogP contribution in [-0.4, -0.2) is 32.5 Å². The zero-order chi connectivity index (χ0) is 19.0. The number of aryl methyl sites for hydroxylation is 2. The first-order chi connectivity index (χ1) is 13.0. The van der Waals surface area contributed by atoms with E-state index in [1.165, 1.54) is 11.7 Å². The number of amides is 1. The van der Waals surface area contributed by atoms with E-state index in [9.17, 15) is 4.79 Å². The average molecular weight is 359 g/mol. The SMILES string of the molecule is Cc1nc2ncnn2c(C)c1CCC(=O)N(C)c1ccc2ccccc2c1. The molecule has 1 amide bonds. The van der Waals surface area contributed by atoms with Gasteiger partial charge >= 0.3 is 0 Å². The molecule has 2 aromatic carbocycles. The normalized spacial score (nSPS) is 11.2. The Bertz CT molecular complexity index is 1150. The van der Waals surface area contributed by atoms with Gasteiger partial charge < -0.3 is 4.90 Å². The van der Waals surface area contributed by atoms with Gasteiger partial charge in [0.15, 0.2) is 0 Å². The molecule has 6 heteroatoms. The summed E-state index contributed by atoms with van der Waals surface area (Å²) < 4.78 is 1.72. The molecule has 4 aromatic rings. The Morgan fingerprint density at radius 1 is 1.11 bits per heavy atom. The van der Waals surface area contributed by atoms with Crippen molar-refractivity contribution in [2.24, 2.45) is 0 Å². The van der Waals surface area contributed by atoms with Gasteiger partial charge in [-0.1, -0.05) is 30.3 Å². The van der Waals surface area contributed by atoms with Crippen molar-refractivity contribution in [3.8, 4) is 0 Å². The topological polar surface area (TPSA) is 63.4 Å². The van der Waals surface area contributed by atoms with E-state index >= 15 is 0 Å². The summed E-state index contributed by atoms with van der Waals surface area (Å²) in [6, 6.07) is 14.2. The van der Waals surface area contributed by atoms with E-state index < -0.39 is 0 Å². The van der Waals surface area contributed by atoms with E-state index in [1.807, 2.05) is 51.2 Å². The van der Waals surface area contributed by atoms with Gasteiger partial charge in [0.2, 0.25) is 5.91 Å². The maximum Gasteiger partial charge on any atom is 0.252 e. The summed E-state index contributed by atoms with van der Waals surface area (Å²) in [5.74, 6) is 0.663. The number of benzene rings is 2. The minimum Gasteiger partial charge on any atom is -0.315 e. The van der Waals surface area contributed by atoms with E-state index in [1.54, 1.807) is 9.42 Å². The molecule has 0 atom stereocenters. The zero-order valence-corrected chi connectivity index (χ0v) is 15.7. The average Bonchev–Trinajstić information content (AvgIpc) is 3.15. The molecule has 0 saturated heterocycles. The summed E-state index contributed by atoms with van der Waals surface area (Å²) in [6.07, 6.45) is 2.53. The van der Waals surface area contributed by atoms with Crippen LogP contribution in [-0.2, 0) is 11.2 Å². The largest absolute Gasteiger partial charge is 0.315 e. The maximum absolute atomic E-state index is 12.8. The lowest BCUT2D eigenvalue weighted by Crippen LogP contribution is -2.26. The molecular weight excluding hydrogens is 338 g/mol. The summed E-state index contributed by atoms with van der Waals surface area (Å²) in [5, 5.41) is 6.50. The summed E-state index contributed by atoms with van der Waals surface area (Å²) in [5.41, 5.74) is 3.83. The van der Waals surface area contributed by atoms with Crippen LogP contribution in [0.2, 0.25) is 0 Å². The Morgan fingerprint density at radius 2 is 1.89 bits per heavy atom. The lowest BCUT2D eigenvalue weighted by Gasteiger charge is -2.18. The number of carbonyl (C=O) groups excluding carboxylic acids is 1. The number of aromatic nitrogens is 4. The Labute approximate surface area is 157 Å². The molecule has 0 aliphatic carbocycles. The number of hydrogen-bond donors (Lipinski definition) is 0. The van der Waals surface area contributed by atoms with E-state index in [-0.39, 0.29) is 5.91 Å². The molecule has 0 saturated carbocycles. The van der Waals surface area contributed by atoms with Gasteiger partial charge in [-0.05, 0) is 48.7 Å². The third-order valence-corrected chi connectivity index (χ3v) is 5.07. The van der Waals surface area contributed by atoms with E-state index in [0.717, 1.165) is 28.0 Å². The number of fused-ring (bicyclic) bond motifs is 2. The predicted molar refractivity (Wildman–Crippen MR) is 106 cm³/mol. The summed E-state index contributed by atoms with van der Waals surface area (Å²) >= 11 is 0. The highest BCUT2D eigenvalue weighted by molar-refractivity contribution is 5.96. The van der Waals surface area contributed by atoms with Crippen molar-refractivity contribution in [3.05, 3.63) is 65.7 Å². The Balaban J connectivity index is 1.53. The van der Waals surface area contributed by atoms with Crippen LogP contribution < -0.4 is 4.90 Å². The van der Waals surface area contributed by atoms with Crippen LogP contribution in [0.25, 0.3) is 16.6 Å². The van der Waals surface area contributed by atoms with Crippen LogP contribution in [0.4, 0.5) is 5.69 Å². The summed E-state index contributed by atoms with van der Waals surface area (Å²) in [7, 11) is 1.82. The number of carbonyl (C=O) groups is 1. The number of hydrogen-bond acceptors (Lipinski definition) is 4. The Hall–Kier alpha value is -3.28. The fourth-order valence-corrected chi connectivity index (χ4v) is 3.45. The van der Waals surface area contributed by atoms with Crippen molar-refractivity contribution < 1.29 is 4.79 Å². The van der Waals surface area contributed by atoms with Crippen LogP contribution in [0.15, 0.2) is 48.8 Å². The number of nitrogens with zero attached hydrogens (tertiary/aromatic N) is 5. The van der Waals surface area contributed by atoms with Gasteiger partial charge in [0.1, 0.15) is 6.33 Å². The third-order valence-electron chi connectivity index (χ3n) is 5.07. The van der Waals surface area contributed by atoms with Crippen LogP contribution in [0.1, 0.15) is 23.4 Å². The van der Waals surface area contributed by atoms with Gasteiger partial charge in [-0.3, -0.25) is 4.79 Å². The molecule has 0 aliphatic heterocycles. The van der Waals surface area contributed by atoms with Crippen molar-refractivity contribution in [2.75, 3.05) is 11.9 Å². The van der Waals surface area contributed by atoms with E-state index in [4.69, 9.17) is 0 Å². The maximum atomic E-state index is 12.8. The lowest BCUT2D eigenvalue weighted by molar-refractivity contribution is -0.118. The Kier molecular flexibility index (Phi) is 4.32. The van der Waals surface area contributed by atoms with E-state index in [2.05, 4.69) is 27.2 Å². The van der Waals surface area contributed by atoms with Gasteiger partial charge in [-0.15, -0.1) is 0 Å². The third kappa shape index (κ3) is 3.14. The van der Waals surface area contributed by atoms with Gasteiger partial charge in [-0.25, -0.2) is 9.50 Å². The second-order valence-corrected chi connectivity index (χ2v) is 6.72. The van der Waals surface area contributed by atoms with Crippen molar-refractivity contribution in [1.29, 1.82) is 0 Å². The molecule has 2 aromatic heterocycles. The first-order valence-corrected chi connectivity index (χ1v) is 8.96. The van der Waals surface area contributed by atoms with Gasteiger partial charge in [0.25, 0.3) is 5.78 Å². The van der Waals surface area contributed by atoms with Crippen LogP contribution >= 0.6 is 0 Å². The van der Waals surface area contributed by atoms with Gasteiger partial charge in [-0.2, -0.15) is 10.1 Å². The molecule has 0 fully saturated rings. The molecule has 0 spiro atoms. The van der Waals surface area contributed by atoms with Crippen molar-refractivity contribution in [3.63, 3.8) is 0 Å². The molecule has 0 unspecified atom stereocenters. The number of anilines is 1. The summed E-state index contributed by atoms with van der Waals surface area (Å²) in [6.45, 7) is 3.94. The minimum absolute atomic E-state index is 0.0720. The standard InChI is InChI=1S/C21H21N5O/c1-14-19(15(2)26-21(24-14)22-13-23-26)10-11-20(27)25(3)18-9-8-16-6-4-5-7-17(16)12-18/h4-9,12-13H,10-11H2,1-3H3. The predicted octanol–water partition coefficient (Wildman–Crippen LogP) is 3.49. The van der Waals surface area contributed by atoms with Crippen molar-refractivity contribution in [2.45, 2.75) is 26.7 Å². The highest BCUT2D eigenvalue weighted by Gasteiger charge is 2.15. The molecular formula is C21H21N5O. The number of rotatable bonds is 4. The quantitative estimate of drug-likeness (QED) is 0.559. The molecule has 0 aliphatic rings. The molecule has 4 rings (SSSR count). The van der Waals surface area contributed by atoms with Crippen LogP contribution in [0, 0.1) is 13.8 Å². The molecule has 27 heavy (non-hydrogen) atoms. The van der Waals surface area contributed by atoms with Gasteiger partial charge in [0, 0.05) is 30.5 Å². The zero-order valence-electron chi connectivity index (χ0n) is 15.7. The first-order valence-electron chi connectivity index (χ1n) is 8.96. The van der Waals surface area contributed by atoms with Gasteiger partial charge in [0.05, 0.1) is 0 Å². The molecule has 6 nitrogen and oxygen atoms in total. The van der Waals surface area contributed by atoms with Crippen molar-refractivity contribution in [1.82, 2.24) is 19.6 Å².